The van der Waals surface area contributed by atoms with Crippen molar-refractivity contribution in [3.05, 3.63) is 12.7 Å². The van der Waals surface area contributed by atoms with E-state index in [0.29, 0.717) is 6.61 Å². The molecule has 0 amide bonds. The normalized spacial score (nSPS) is 12.7. The topological polar surface area (TPSA) is 110 Å². The van der Waals surface area contributed by atoms with Crippen molar-refractivity contribution in [3.8, 4) is 0 Å². The van der Waals surface area contributed by atoms with E-state index in [1.807, 2.05) is 0 Å². The van der Waals surface area contributed by atoms with Crippen molar-refractivity contribution in [3.63, 3.8) is 0 Å². The number of alkyl halides is 6. The van der Waals surface area contributed by atoms with Crippen LogP contribution in [0.2, 0.25) is 0 Å². The Morgan fingerprint density at radius 2 is 1.19 bits per heavy atom. The Kier molecular flexibility index (Phi) is 18.3. The zero-order chi connectivity index (χ0) is 28.5. The van der Waals surface area contributed by atoms with Gasteiger partial charge in [-0.15, -0.1) is 0 Å². The number of nitrogens with zero attached hydrogens (tertiary/aromatic N) is 1. The van der Waals surface area contributed by atoms with E-state index >= 15 is 0 Å². The number of likely N-dealkylation sites (N-methyl/N-ethyl adjacent to an activating group) is 1. The van der Waals surface area contributed by atoms with E-state index in [4.69, 9.17) is 4.74 Å². The fraction of sp³-hybridized carbons (Fsp3) is 0.850. The molecular formula is C20H36F6N2O6S2. The first-order valence-electron chi connectivity index (χ1n) is 11.3. The molecule has 0 aromatic heterocycles. The maximum absolute atomic E-state index is 11.5. The smallest absolute Gasteiger partial charge is 0.461 e. The highest BCUT2D eigenvalue weighted by Crippen LogP contribution is 2.27. The summed E-state index contributed by atoms with van der Waals surface area (Å²) in [6.07, 6.45) is 14.9. The van der Waals surface area contributed by atoms with E-state index in [0.717, 1.165) is 13.1 Å². The third kappa shape index (κ3) is 17.9. The highest BCUT2D eigenvalue weighted by molar-refractivity contribution is 8.05. The van der Waals surface area contributed by atoms with Gasteiger partial charge >= 0.3 is 37.0 Å². The molecule has 0 aliphatic rings. The van der Waals surface area contributed by atoms with E-state index in [2.05, 4.69) is 25.5 Å². The zero-order valence-electron chi connectivity index (χ0n) is 20.5. The lowest BCUT2D eigenvalue weighted by Crippen LogP contribution is -2.45. The second-order valence-electron chi connectivity index (χ2n) is 7.84. The van der Waals surface area contributed by atoms with E-state index < -0.39 is 35.2 Å². The molecule has 36 heavy (non-hydrogen) atoms. The van der Waals surface area contributed by atoms with Gasteiger partial charge in [0.15, 0.2) is 0 Å². The van der Waals surface area contributed by atoms with Gasteiger partial charge in [0, 0.05) is 12.6 Å². The van der Waals surface area contributed by atoms with Crippen LogP contribution in [0.4, 0.5) is 26.3 Å². The van der Waals surface area contributed by atoms with Gasteiger partial charge < -0.3 is 9.64 Å². The fourth-order valence-electron chi connectivity index (χ4n) is 2.58. The second-order valence-corrected chi connectivity index (χ2v) is 11.4. The number of ether oxygens (including phenoxy) is 1. The first-order valence-corrected chi connectivity index (χ1v) is 14.3. The van der Waals surface area contributed by atoms with Crippen LogP contribution in [0.3, 0.4) is 0 Å². The number of carbonyl (C=O) groups excluding carboxylic acids is 1. The summed E-state index contributed by atoms with van der Waals surface area (Å²) in [5.41, 5.74) is -12.3. The fourth-order valence-corrected chi connectivity index (χ4v) is 4.49. The molecule has 0 radical (unpaired) electrons. The predicted octanol–water partition coefficient (Wildman–Crippen LogP) is 4.84. The highest BCUT2D eigenvalue weighted by atomic mass is 32.3. The Morgan fingerprint density at radius 3 is 1.56 bits per heavy atom. The minimum atomic E-state index is -6.60. The Labute approximate surface area is 209 Å². The number of rotatable bonds is 17. The van der Waals surface area contributed by atoms with Crippen molar-refractivity contribution < 1.29 is 52.7 Å². The van der Waals surface area contributed by atoms with Crippen molar-refractivity contribution in [2.45, 2.75) is 82.1 Å². The molecule has 0 aliphatic heterocycles. The van der Waals surface area contributed by atoms with Gasteiger partial charge in [-0.1, -0.05) is 75.4 Å². The van der Waals surface area contributed by atoms with Gasteiger partial charge in [0.2, 0.25) is 0 Å². The molecule has 0 aliphatic carbocycles. The van der Waals surface area contributed by atoms with Gasteiger partial charge in [-0.2, -0.15) is 26.3 Å². The molecule has 0 saturated heterocycles. The number of hydrogen-bond donors (Lipinski definition) is 1. The van der Waals surface area contributed by atoms with E-state index in [1.54, 1.807) is 0 Å². The molecule has 0 aromatic rings. The molecule has 0 saturated carbocycles. The standard InChI is InChI=1S/C18H35NO2.C2HF6NO4S2/c1-4-6-7-8-9-10-11-12-13-14-15-19(3)16-17-21-18(20)5-2;3-1(4,5)14(10,11)9-15(12,13)2(6,7)8/h5H,2,4,6-17H2,1,3H3;9H. The van der Waals surface area contributed by atoms with Crippen LogP contribution in [0.1, 0.15) is 71.1 Å². The molecule has 8 nitrogen and oxygen atoms in total. The molecule has 0 spiro atoms. The quantitative estimate of drug-likeness (QED) is 0.114. The summed E-state index contributed by atoms with van der Waals surface area (Å²) in [7, 11) is -11.1. The minimum Gasteiger partial charge on any atom is -0.461 e. The molecule has 0 aromatic carbocycles. The van der Waals surface area contributed by atoms with Crippen molar-refractivity contribution >= 4 is 26.0 Å². The first kappa shape index (κ1) is 36.8. The zero-order valence-corrected chi connectivity index (χ0v) is 22.1. The third-order valence-corrected chi connectivity index (χ3v) is 7.58. The summed E-state index contributed by atoms with van der Waals surface area (Å²) in [5.74, 6) is -0.331. The molecule has 216 valence electrons. The molecule has 16 heteroatoms. The van der Waals surface area contributed by atoms with Crippen molar-refractivity contribution in [2.24, 2.45) is 0 Å². The van der Waals surface area contributed by atoms with Crippen LogP contribution in [-0.4, -0.2) is 65.5 Å². The molecule has 1 N–H and O–H groups in total. The largest absolute Gasteiger partial charge is 0.512 e. The molecular weight excluding hydrogens is 542 g/mol. The lowest BCUT2D eigenvalue weighted by Gasteiger charge is -2.15. The highest BCUT2D eigenvalue weighted by Gasteiger charge is 2.55. The van der Waals surface area contributed by atoms with Gasteiger partial charge in [0.1, 0.15) is 6.61 Å². The number of sulfonamides is 2. The average Bonchev–Trinajstić information content (AvgIpc) is 2.73. The summed E-state index contributed by atoms with van der Waals surface area (Å²) in [6, 6.07) is 0. The van der Waals surface area contributed by atoms with Crippen molar-refractivity contribution in [1.82, 2.24) is 9.03 Å². The molecule has 0 heterocycles. The van der Waals surface area contributed by atoms with Gasteiger partial charge in [-0.05, 0) is 20.0 Å². The van der Waals surface area contributed by atoms with Crippen LogP contribution in [0.25, 0.3) is 0 Å². The SMILES string of the molecule is C=CC(=O)OCCN(C)CCCCCCCCCCCC.O=S(=O)(NS(=O)(=O)C(F)(F)F)C(F)(F)F. The molecule has 0 rings (SSSR count). The molecule has 0 atom stereocenters. The van der Waals surface area contributed by atoms with Crippen LogP contribution >= 0.6 is 0 Å². The van der Waals surface area contributed by atoms with Gasteiger partial charge in [0.05, 0.1) is 0 Å². The summed E-state index contributed by atoms with van der Waals surface area (Å²) in [4.78, 5) is 13.1. The van der Waals surface area contributed by atoms with Crippen molar-refractivity contribution in [2.75, 3.05) is 26.7 Å². The first-order chi connectivity index (χ1) is 16.4. The summed E-state index contributed by atoms with van der Waals surface area (Å²) >= 11 is 0. The average molecular weight is 579 g/mol. The molecule has 0 bridgehead atoms. The summed E-state index contributed by atoms with van der Waals surface area (Å²) in [5, 5.41) is 0. The van der Waals surface area contributed by atoms with Crippen molar-refractivity contribution in [1.29, 1.82) is 0 Å². The number of carbonyl (C=O) groups is 1. The Morgan fingerprint density at radius 1 is 0.806 bits per heavy atom. The number of unbranched alkanes of at least 4 members (excludes halogenated alkanes) is 9. The van der Waals surface area contributed by atoms with E-state index in [9.17, 15) is 48.0 Å². The maximum atomic E-state index is 11.5. The van der Waals surface area contributed by atoms with Crippen LogP contribution < -0.4 is 4.13 Å². The summed E-state index contributed by atoms with van der Waals surface area (Å²) < 4.78 is 113. The van der Waals surface area contributed by atoms with Gasteiger partial charge in [-0.25, -0.2) is 21.6 Å². The van der Waals surface area contributed by atoms with Crippen LogP contribution in [0, 0.1) is 0 Å². The third-order valence-electron chi connectivity index (χ3n) is 4.61. The predicted molar refractivity (Wildman–Crippen MR) is 124 cm³/mol. The number of halogens is 6. The lowest BCUT2D eigenvalue weighted by molar-refractivity contribution is -0.138. The second kappa shape index (κ2) is 18.0. The lowest BCUT2D eigenvalue weighted by atomic mass is 10.1. The minimum absolute atomic E-state index is 0.331. The Balaban J connectivity index is 0. The number of nitrogens with one attached hydrogen (secondary N) is 1. The van der Waals surface area contributed by atoms with E-state index in [1.165, 1.54) is 70.3 Å². The van der Waals surface area contributed by atoms with E-state index in [-0.39, 0.29) is 5.97 Å². The monoisotopic (exact) mass is 578 g/mol. The van der Waals surface area contributed by atoms with Crippen LogP contribution in [0.5, 0.6) is 0 Å². The Bertz CT molecular complexity index is 789. The molecule has 0 unspecified atom stereocenters. The van der Waals surface area contributed by atoms with Crippen LogP contribution in [-0.2, 0) is 29.6 Å². The molecule has 0 fully saturated rings. The number of hydrogen-bond acceptors (Lipinski definition) is 7. The van der Waals surface area contributed by atoms with Crippen LogP contribution in [0.15, 0.2) is 12.7 Å². The van der Waals surface area contributed by atoms with Gasteiger partial charge in [-0.3, -0.25) is 0 Å². The van der Waals surface area contributed by atoms with Gasteiger partial charge in [0.25, 0.3) is 0 Å². The Hall–Kier alpha value is -1.39. The number of esters is 1. The maximum Gasteiger partial charge on any atom is 0.512 e. The summed E-state index contributed by atoms with van der Waals surface area (Å²) in [6.45, 7) is 7.99.